The summed E-state index contributed by atoms with van der Waals surface area (Å²) in [6.45, 7) is 7.02. The summed E-state index contributed by atoms with van der Waals surface area (Å²) in [6.07, 6.45) is 10.5. The molecular weight excluding hydrogens is 304 g/mol. The Morgan fingerprint density at radius 2 is 2.00 bits per heavy atom. The van der Waals surface area contributed by atoms with Gasteiger partial charge in [0.25, 0.3) is 0 Å². The number of nitrogens with zero attached hydrogens (tertiary/aromatic N) is 3. The number of aromatic nitrogens is 2. The molecule has 1 fully saturated rings. The van der Waals surface area contributed by atoms with Crippen LogP contribution in [0.2, 0.25) is 0 Å². The molecule has 1 amide bonds. The van der Waals surface area contributed by atoms with Gasteiger partial charge in [0.2, 0.25) is 5.95 Å². The molecule has 0 bridgehead atoms. The average molecular weight is 330 g/mol. The average Bonchev–Trinajstić information content (AvgIpc) is 2.67. The van der Waals surface area contributed by atoms with Crippen LogP contribution in [0.1, 0.15) is 51.0 Å². The predicted octanol–water partition coefficient (Wildman–Crippen LogP) is 3.16. The fourth-order valence-corrected chi connectivity index (χ4v) is 3.29. The molecule has 3 rings (SSSR count). The number of anilines is 1. The fraction of sp³-hybridized carbons (Fsp3) is 0.556. The minimum atomic E-state index is -0.460. The maximum absolute atomic E-state index is 12.2. The largest absolute Gasteiger partial charge is 0.444 e. The number of nitrogen functional groups attached to an aromatic ring is 1. The normalized spacial score (nSPS) is 18.4. The maximum atomic E-state index is 12.2. The highest BCUT2D eigenvalue weighted by Gasteiger charge is 2.29. The quantitative estimate of drug-likeness (QED) is 0.858. The molecule has 1 aliphatic carbocycles. The summed E-state index contributed by atoms with van der Waals surface area (Å²) in [5.74, 6) is 0.565. The van der Waals surface area contributed by atoms with E-state index in [1.165, 1.54) is 0 Å². The zero-order chi connectivity index (χ0) is 17.3. The van der Waals surface area contributed by atoms with Gasteiger partial charge in [0.1, 0.15) is 5.60 Å². The number of carbonyl (C=O) groups is 1. The monoisotopic (exact) mass is 330 g/mol. The van der Waals surface area contributed by atoms with Crippen molar-refractivity contribution in [2.45, 2.75) is 51.7 Å². The molecule has 1 saturated heterocycles. The smallest absolute Gasteiger partial charge is 0.410 e. The molecule has 2 heterocycles. The van der Waals surface area contributed by atoms with Gasteiger partial charge in [-0.3, -0.25) is 0 Å². The van der Waals surface area contributed by atoms with Crippen LogP contribution in [0.5, 0.6) is 0 Å². The number of ether oxygens (including phenoxy) is 1. The second-order valence-electron chi connectivity index (χ2n) is 7.36. The number of imidazole rings is 1. The van der Waals surface area contributed by atoms with Crippen LogP contribution in [0.4, 0.5) is 10.7 Å². The SMILES string of the molecule is CC(C)(C)OC(=O)N1CCC(n2c(N)nc3c2CC=CC=C3)CC1. The van der Waals surface area contributed by atoms with Crippen LogP contribution in [0.15, 0.2) is 18.2 Å². The second-order valence-corrected chi connectivity index (χ2v) is 7.36. The Morgan fingerprint density at radius 3 is 2.67 bits per heavy atom. The van der Waals surface area contributed by atoms with E-state index in [4.69, 9.17) is 10.5 Å². The standard InChI is InChI=1S/C18H26N4O2/c1-18(2,3)24-17(23)21-11-9-13(10-12-21)22-15-8-6-4-5-7-14(15)20-16(22)19/h4-7,13H,8-12H2,1-3H3,(H2,19,20). The van der Waals surface area contributed by atoms with Crippen LogP contribution in [0.3, 0.4) is 0 Å². The summed E-state index contributed by atoms with van der Waals surface area (Å²) in [5.41, 5.74) is 7.82. The van der Waals surface area contributed by atoms with Gasteiger partial charge in [-0.15, -0.1) is 0 Å². The number of carbonyl (C=O) groups excluding carboxylic acids is 1. The van der Waals surface area contributed by atoms with Gasteiger partial charge in [-0.25, -0.2) is 9.78 Å². The molecule has 24 heavy (non-hydrogen) atoms. The number of likely N-dealkylation sites (tertiary alicyclic amines) is 1. The van der Waals surface area contributed by atoms with E-state index in [0.29, 0.717) is 19.0 Å². The molecule has 2 N–H and O–H groups in total. The zero-order valence-electron chi connectivity index (χ0n) is 14.7. The van der Waals surface area contributed by atoms with Crippen molar-refractivity contribution in [2.75, 3.05) is 18.8 Å². The number of fused-ring (bicyclic) bond motifs is 1. The highest BCUT2D eigenvalue weighted by Crippen LogP contribution is 2.30. The molecule has 1 aromatic heterocycles. The third-order valence-electron chi connectivity index (χ3n) is 4.36. The van der Waals surface area contributed by atoms with Crippen LogP contribution >= 0.6 is 0 Å². The molecule has 2 aliphatic rings. The number of hydrogen-bond donors (Lipinski definition) is 1. The highest BCUT2D eigenvalue weighted by molar-refractivity contribution is 5.68. The zero-order valence-corrected chi connectivity index (χ0v) is 14.7. The van der Waals surface area contributed by atoms with E-state index in [1.807, 2.05) is 39.0 Å². The van der Waals surface area contributed by atoms with Crippen molar-refractivity contribution >= 4 is 18.1 Å². The molecule has 0 radical (unpaired) electrons. The summed E-state index contributed by atoms with van der Waals surface area (Å²) in [5, 5.41) is 0. The van der Waals surface area contributed by atoms with Crippen molar-refractivity contribution < 1.29 is 9.53 Å². The molecule has 0 unspecified atom stereocenters. The lowest BCUT2D eigenvalue weighted by Gasteiger charge is -2.34. The number of amides is 1. The van der Waals surface area contributed by atoms with Crippen molar-refractivity contribution in [3.8, 4) is 0 Å². The number of rotatable bonds is 1. The molecule has 0 aromatic carbocycles. The third kappa shape index (κ3) is 3.47. The molecule has 1 aromatic rings. The Labute approximate surface area is 143 Å². The number of allylic oxidation sites excluding steroid dienone is 3. The minimum absolute atomic E-state index is 0.232. The summed E-state index contributed by atoms with van der Waals surface area (Å²) < 4.78 is 7.61. The second kappa shape index (κ2) is 6.34. The van der Waals surface area contributed by atoms with E-state index >= 15 is 0 Å². The van der Waals surface area contributed by atoms with Gasteiger partial charge in [0, 0.05) is 25.6 Å². The Bertz CT molecular complexity index is 674. The minimum Gasteiger partial charge on any atom is -0.444 e. The molecule has 0 spiro atoms. The molecule has 0 atom stereocenters. The Balaban J connectivity index is 1.70. The lowest BCUT2D eigenvalue weighted by molar-refractivity contribution is 0.0188. The topological polar surface area (TPSA) is 73.4 Å². The first kappa shape index (κ1) is 16.6. The van der Waals surface area contributed by atoms with Crippen molar-refractivity contribution in [1.82, 2.24) is 14.5 Å². The van der Waals surface area contributed by atoms with Crippen molar-refractivity contribution in [1.29, 1.82) is 0 Å². The fourth-order valence-electron chi connectivity index (χ4n) is 3.29. The first-order chi connectivity index (χ1) is 11.3. The van der Waals surface area contributed by atoms with Crippen LogP contribution in [0.25, 0.3) is 6.08 Å². The van der Waals surface area contributed by atoms with E-state index in [1.54, 1.807) is 4.90 Å². The Kier molecular flexibility index (Phi) is 4.39. The lowest BCUT2D eigenvalue weighted by Crippen LogP contribution is -2.42. The number of nitrogens with two attached hydrogens (primary N) is 1. The summed E-state index contributed by atoms with van der Waals surface area (Å²) in [7, 11) is 0. The van der Waals surface area contributed by atoms with E-state index in [2.05, 4.69) is 15.6 Å². The van der Waals surface area contributed by atoms with E-state index in [-0.39, 0.29) is 12.1 Å². The molecule has 130 valence electrons. The Hall–Kier alpha value is -2.24. The van der Waals surface area contributed by atoms with Gasteiger partial charge in [0.05, 0.1) is 11.4 Å². The molecule has 6 heteroatoms. The van der Waals surface area contributed by atoms with Crippen LogP contribution < -0.4 is 5.73 Å². The van der Waals surface area contributed by atoms with Gasteiger partial charge >= 0.3 is 6.09 Å². The van der Waals surface area contributed by atoms with Crippen molar-refractivity contribution in [2.24, 2.45) is 0 Å². The molecule has 6 nitrogen and oxygen atoms in total. The van der Waals surface area contributed by atoms with Gasteiger partial charge in [-0.05, 0) is 39.7 Å². The molecule has 1 aliphatic heterocycles. The number of piperidine rings is 1. The first-order valence-electron chi connectivity index (χ1n) is 8.53. The lowest BCUT2D eigenvalue weighted by atomic mass is 10.0. The Morgan fingerprint density at radius 1 is 1.29 bits per heavy atom. The predicted molar refractivity (Wildman–Crippen MR) is 94.6 cm³/mol. The van der Waals surface area contributed by atoms with Crippen LogP contribution in [0, 0.1) is 0 Å². The van der Waals surface area contributed by atoms with Crippen molar-refractivity contribution in [3.05, 3.63) is 29.6 Å². The van der Waals surface area contributed by atoms with Gasteiger partial charge in [0.15, 0.2) is 0 Å². The summed E-state index contributed by atoms with van der Waals surface area (Å²) >= 11 is 0. The summed E-state index contributed by atoms with van der Waals surface area (Å²) in [4.78, 5) is 18.5. The molecular formula is C18H26N4O2. The maximum Gasteiger partial charge on any atom is 0.410 e. The van der Waals surface area contributed by atoms with Crippen molar-refractivity contribution in [3.63, 3.8) is 0 Å². The van der Waals surface area contributed by atoms with Gasteiger partial charge in [-0.1, -0.05) is 18.2 Å². The van der Waals surface area contributed by atoms with E-state index < -0.39 is 5.60 Å². The van der Waals surface area contributed by atoms with Gasteiger partial charge < -0.3 is 19.9 Å². The first-order valence-corrected chi connectivity index (χ1v) is 8.53. The summed E-state index contributed by atoms with van der Waals surface area (Å²) in [6, 6.07) is 0.278. The third-order valence-corrected chi connectivity index (χ3v) is 4.36. The number of hydrogen-bond acceptors (Lipinski definition) is 4. The van der Waals surface area contributed by atoms with Gasteiger partial charge in [-0.2, -0.15) is 0 Å². The van der Waals surface area contributed by atoms with E-state index in [9.17, 15) is 4.79 Å². The van der Waals surface area contributed by atoms with E-state index in [0.717, 1.165) is 30.7 Å². The van der Waals surface area contributed by atoms with Crippen LogP contribution in [-0.2, 0) is 11.2 Å². The highest BCUT2D eigenvalue weighted by atomic mass is 16.6. The van der Waals surface area contributed by atoms with Crippen LogP contribution in [-0.4, -0.2) is 39.2 Å². The molecule has 0 saturated carbocycles.